The molecular formula is C22H28FN5O2. The van der Waals surface area contributed by atoms with E-state index in [1.165, 1.54) is 12.1 Å². The number of hydrogen-bond acceptors (Lipinski definition) is 5. The lowest BCUT2D eigenvalue weighted by Crippen LogP contribution is -2.47. The van der Waals surface area contributed by atoms with Gasteiger partial charge in [-0.3, -0.25) is 9.69 Å². The van der Waals surface area contributed by atoms with Crippen LogP contribution in [0, 0.1) is 5.82 Å². The Hall–Kier alpha value is -2.87. The minimum absolute atomic E-state index is 0.00498. The third kappa shape index (κ3) is 4.18. The summed E-state index contributed by atoms with van der Waals surface area (Å²) in [5.41, 5.74) is 2.94. The summed E-state index contributed by atoms with van der Waals surface area (Å²) < 4.78 is 15.0. The first-order chi connectivity index (χ1) is 14.6. The highest BCUT2D eigenvalue weighted by Gasteiger charge is 2.28. The third-order valence-corrected chi connectivity index (χ3v) is 6.07. The second-order valence-corrected chi connectivity index (χ2v) is 7.94. The minimum atomic E-state index is -0.208. The molecule has 0 spiro atoms. The quantitative estimate of drug-likeness (QED) is 0.604. The number of hydrogen-bond donors (Lipinski definition) is 1. The van der Waals surface area contributed by atoms with E-state index in [4.69, 9.17) is 0 Å². The van der Waals surface area contributed by atoms with E-state index in [-0.39, 0.29) is 11.7 Å². The van der Waals surface area contributed by atoms with Gasteiger partial charge in [-0.05, 0) is 43.3 Å². The maximum atomic E-state index is 13.1. The van der Waals surface area contributed by atoms with E-state index >= 15 is 0 Å². The summed E-state index contributed by atoms with van der Waals surface area (Å²) in [6.07, 6.45) is 3.28. The number of benzene rings is 1. The number of amides is 1. The topological polar surface area (TPSA) is 64.3 Å². The van der Waals surface area contributed by atoms with Crippen LogP contribution in [0.5, 0.6) is 0 Å². The number of carbonyl (C=O) groups is 1. The first kappa shape index (κ1) is 20.4. The molecule has 8 heteroatoms. The summed E-state index contributed by atoms with van der Waals surface area (Å²) in [5, 5.41) is 12.8. The molecule has 0 bridgehead atoms. The van der Waals surface area contributed by atoms with Crippen molar-refractivity contribution < 1.29 is 14.4 Å². The average molecular weight is 413 g/mol. The average Bonchev–Trinajstić information content (AvgIpc) is 3.08. The summed E-state index contributed by atoms with van der Waals surface area (Å²) in [6.45, 7) is 5.92. The Morgan fingerprint density at radius 1 is 1.03 bits per heavy atom. The monoisotopic (exact) mass is 413 g/mol. The summed E-state index contributed by atoms with van der Waals surface area (Å²) in [5.74, 6) is -0.203. The number of fused-ring (bicyclic) bond motifs is 1. The van der Waals surface area contributed by atoms with Crippen molar-refractivity contribution in [2.24, 2.45) is 12.2 Å². The van der Waals surface area contributed by atoms with E-state index in [1.54, 1.807) is 6.07 Å². The molecule has 1 saturated heterocycles. The molecule has 1 aromatic heterocycles. The Kier molecular flexibility index (Phi) is 6.03. The van der Waals surface area contributed by atoms with Crippen molar-refractivity contribution in [2.45, 2.75) is 12.8 Å². The predicted molar refractivity (Wildman–Crippen MR) is 114 cm³/mol. The van der Waals surface area contributed by atoms with Gasteiger partial charge in [0.15, 0.2) is 0 Å². The molecule has 3 heterocycles. The number of halogens is 1. The van der Waals surface area contributed by atoms with Gasteiger partial charge in [0, 0.05) is 64.6 Å². The summed E-state index contributed by atoms with van der Waals surface area (Å²) in [6, 6.07) is 8.47. The van der Waals surface area contributed by atoms with E-state index in [0.717, 1.165) is 44.8 Å². The number of oxime groups is 1. The van der Waals surface area contributed by atoms with Crippen LogP contribution in [0.2, 0.25) is 0 Å². The number of piperazine rings is 1. The highest BCUT2D eigenvalue weighted by Crippen LogP contribution is 2.21. The molecular weight excluding hydrogens is 385 g/mol. The van der Waals surface area contributed by atoms with Crippen LogP contribution in [0.4, 0.5) is 10.1 Å². The molecule has 0 radical (unpaired) electrons. The van der Waals surface area contributed by atoms with Crippen molar-refractivity contribution in [1.82, 2.24) is 14.4 Å². The molecule has 0 unspecified atom stereocenters. The van der Waals surface area contributed by atoms with E-state index in [2.05, 4.69) is 15.0 Å². The largest absolute Gasteiger partial charge is 0.411 e. The Morgan fingerprint density at radius 2 is 1.77 bits per heavy atom. The smallest absolute Gasteiger partial charge is 0.256 e. The Labute approximate surface area is 176 Å². The number of carbonyl (C=O) groups excluding carboxylic acids is 1. The first-order valence-corrected chi connectivity index (χ1v) is 10.5. The Morgan fingerprint density at radius 3 is 2.47 bits per heavy atom. The molecule has 30 heavy (non-hydrogen) atoms. The fraction of sp³-hybridized carbons (Fsp3) is 0.455. The fourth-order valence-corrected chi connectivity index (χ4v) is 4.37. The summed E-state index contributed by atoms with van der Waals surface area (Å²) in [4.78, 5) is 19.5. The zero-order valence-corrected chi connectivity index (χ0v) is 17.3. The molecule has 1 fully saturated rings. The molecule has 4 rings (SSSR count). The molecule has 0 atom stereocenters. The number of aromatic nitrogens is 1. The molecule has 1 N–H and O–H groups in total. The van der Waals surface area contributed by atoms with Crippen LogP contribution < -0.4 is 4.90 Å². The molecule has 160 valence electrons. The van der Waals surface area contributed by atoms with Gasteiger partial charge in [0.1, 0.15) is 11.5 Å². The molecule has 2 aliphatic rings. The Bertz CT molecular complexity index is 916. The van der Waals surface area contributed by atoms with Crippen molar-refractivity contribution in [1.29, 1.82) is 0 Å². The second-order valence-electron chi connectivity index (χ2n) is 7.94. The molecule has 7 nitrogen and oxygen atoms in total. The third-order valence-electron chi connectivity index (χ3n) is 6.07. The van der Waals surface area contributed by atoms with E-state index in [1.807, 2.05) is 34.8 Å². The lowest BCUT2D eigenvalue weighted by atomic mass is 10.1. The van der Waals surface area contributed by atoms with Crippen LogP contribution in [0.3, 0.4) is 0 Å². The maximum Gasteiger partial charge on any atom is 0.256 e. The predicted octanol–water partition coefficient (Wildman–Crippen LogP) is 2.40. The normalized spacial score (nSPS) is 19.3. The van der Waals surface area contributed by atoms with Gasteiger partial charge < -0.3 is 19.6 Å². The zero-order chi connectivity index (χ0) is 21.1. The SMILES string of the molecule is Cn1ccc2c1/C(=N/O)CCN(CCCN1CCN(c3ccc(F)cc3)CC1)C2=O. The van der Waals surface area contributed by atoms with Gasteiger partial charge in [-0.1, -0.05) is 5.16 Å². The van der Waals surface area contributed by atoms with E-state index < -0.39 is 0 Å². The van der Waals surface area contributed by atoms with Crippen LogP contribution in [-0.2, 0) is 7.05 Å². The number of aryl methyl sites for hydroxylation is 1. The summed E-state index contributed by atoms with van der Waals surface area (Å²) >= 11 is 0. The first-order valence-electron chi connectivity index (χ1n) is 10.5. The van der Waals surface area contributed by atoms with Crippen LogP contribution in [0.1, 0.15) is 28.9 Å². The van der Waals surface area contributed by atoms with Crippen LogP contribution >= 0.6 is 0 Å². The van der Waals surface area contributed by atoms with E-state index in [9.17, 15) is 14.4 Å². The highest BCUT2D eigenvalue weighted by atomic mass is 19.1. The molecule has 2 aliphatic heterocycles. The minimum Gasteiger partial charge on any atom is -0.411 e. The molecule has 2 aromatic rings. The number of nitrogens with zero attached hydrogens (tertiary/aromatic N) is 5. The highest BCUT2D eigenvalue weighted by molar-refractivity contribution is 6.10. The lowest BCUT2D eigenvalue weighted by Gasteiger charge is -2.36. The van der Waals surface area contributed by atoms with Gasteiger partial charge in [-0.25, -0.2) is 4.39 Å². The van der Waals surface area contributed by atoms with Crippen molar-refractivity contribution in [3.05, 3.63) is 53.6 Å². The van der Waals surface area contributed by atoms with E-state index in [0.29, 0.717) is 36.5 Å². The standard InChI is InChI=1S/C22H28FN5O2/c1-25-11-7-19-21(25)20(24-30)8-12-28(22(19)29)10-2-9-26-13-15-27(16-14-26)18-5-3-17(23)4-6-18/h3-7,11,30H,2,8-10,12-16H2,1H3/b24-20+. The Balaban J connectivity index is 1.28. The number of rotatable bonds is 5. The van der Waals surface area contributed by atoms with Crippen LogP contribution in [-0.4, -0.2) is 77.0 Å². The fourth-order valence-electron chi connectivity index (χ4n) is 4.37. The maximum absolute atomic E-state index is 13.1. The molecule has 0 aliphatic carbocycles. The zero-order valence-electron chi connectivity index (χ0n) is 17.3. The van der Waals surface area contributed by atoms with Crippen molar-refractivity contribution >= 4 is 17.3 Å². The van der Waals surface area contributed by atoms with Crippen LogP contribution in [0.15, 0.2) is 41.7 Å². The van der Waals surface area contributed by atoms with Crippen molar-refractivity contribution in [3.63, 3.8) is 0 Å². The second kappa shape index (κ2) is 8.87. The van der Waals surface area contributed by atoms with Crippen molar-refractivity contribution in [3.8, 4) is 0 Å². The van der Waals surface area contributed by atoms with Gasteiger partial charge in [-0.15, -0.1) is 0 Å². The lowest BCUT2D eigenvalue weighted by molar-refractivity contribution is 0.0755. The van der Waals surface area contributed by atoms with Gasteiger partial charge in [0.25, 0.3) is 5.91 Å². The molecule has 1 amide bonds. The number of anilines is 1. The van der Waals surface area contributed by atoms with Gasteiger partial charge in [0.2, 0.25) is 0 Å². The van der Waals surface area contributed by atoms with Crippen molar-refractivity contribution in [2.75, 3.05) is 50.7 Å². The van der Waals surface area contributed by atoms with Gasteiger partial charge in [0.05, 0.1) is 11.3 Å². The van der Waals surface area contributed by atoms with Crippen LogP contribution in [0.25, 0.3) is 0 Å². The van der Waals surface area contributed by atoms with Gasteiger partial charge >= 0.3 is 0 Å². The molecule has 0 saturated carbocycles. The summed E-state index contributed by atoms with van der Waals surface area (Å²) in [7, 11) is 1.86. The van der Waals surface area contributed by atoms with Gasteiger partial charge in [-0.2, -0.15) is 0 Å². The molecule has 1 aromatic carbocycles.